The zero-order valence-corrected chi connectivity index (χ0v) is 23.5. The minimum absolute atomic E-state index is 0.00537. The largest absolute Gasteiger partial charge is 0.480 e. The molecule has 1 aliphatic rings. The first-order valence-electron chi connectivity index (χ1n) is 12.4. The van der Waals surface area contributed by atoms with E-state index in [9.17, 15) is 14.7 Å². The molecule has 1 atom stereocenters. The molecule has 0 spiro atoms. The lowest BCUT2D eigenvalue weighted by atomic mass is 10.0. The number of fused-ring (bicyclic) bond motifs is 1. The van der Waals surface area contributed by atoms with Crippen LogP contribution in [0.5, 0.6) is 11.9 Å². The second-order valence-corrected chi connectivity index (χ2v) is 9.99. The number of hydrogen-bond donors (Lipinski definition) is 1. The van der Waals surface area contributed by atoms with Crippen molar-refractivity contribution in [2.75, 3.05) is 25.7 Å². The standard InChI is InChI=1S/C27H26Cl2N6O5/c1-33-14-17(29)12-19(25(33)37)35-21(15-6-8-16(28)9-7-15)22-20(26(35)38)31-23(34(22)10-4-5-11-36)18-13-30-27(40-3)32-24(18)39-2/h6-9,12-14,21,36H,4-5,10-11H2,1-3H3/t21-/m0/s1. The Bertz CT molecular complexity index is 1640. The number of hydrogen-bond acceptors (Lipinski definition) is 8. The number of benzene rings is 1. The fourth-order valence-corrected chi connectivity index (χ4v) is 5.23. The van der Waals surface area contributed by atoms with Crippen LogP contribution in [0, 0.1) is 0 Å². The van der Waals surface area contributed by atoms with Gasteiger partial charge >= 0.3 is 6.01 Å². The molecule has 1 aromatic carbocycles. The van der Waals surface area contributed by atoms with Gasteiger partial charge in [0.15, 0.2) is 5.69 Å². The van der Waals surface area contributed by atoms with Crippen molar-refractivity contribution in [2.24, 2.45) is 7.05 Å². The Morgan fingerprint density at radius 3 is 2.45 bits per heavy atom. The molecule has 0 fully saturated rings. The first-order chi connectivity index (χ1) is 19.3. The van der Waals surface area contributed by atoms with E-state index >= 15 is 0 Å². The second-order valence-electron chi connectivity index (χ2n) is 9.12. The normalized spacial score (nSPS) is 14.5. The summed E-state index contributed by atoms with van der Waals surface area (Å²) in [4.78, 5) is 42.1. The van der Waals surface area contributed by atoms with Gasteiger partial charge in [0.25, 0.3) is 11.5 Å². The summed E-state index contributed by atoms with van der Waals surface area (Å²) in [6.45, 7) is 0.414. The maximum absolute atomic E-state index is 14.1. The number of methoxy groups -OCH3 is 2. The van der Waals surface area contributed by atoms with Gasteiger partial charge in [-0.05, 0) is 36.6 Å². The number of carbonyl (C=O) groups is 1. The Labute approximate surface area is 239 Å². The summed E-state index contributed by atoms with van der Waals surface area (Å²) in [5.41, 5.74) is 1.63. The zero-order valence-electron chi connectivity index (χ0n) is 22.0. The van der Waals surface area contributed by atoms with E-state index in [4.69, 9.17) is 37.7 Å². The quantitative estimate of drug-likeness (QED) is 0.294. The molecule has 40 heavy (non-hydrogen) atoms. The van der Waals surface area contributed by atoms with Crippen LogP contribution in [0.2, 0.25) is 10.0 Å². The molecule has 1 N–H and O–H groups in total. The summed E-state index contributed by atoms with van der Waals surface area (Å²) in [5.74, 6) is 0.160. The number of anilines is 1. The number of aryl methyl sites for hydroxylation is 1. The summed E-state index contributed by atoms with van der Waals surface area (Å²) in [6, 6.07) is 7.92. The highest BCUT2D eigenvalue weighted by molar-refractivity contribution is 6.31. The SMILES string of the molecule is COc1ncc(-c2nc3c(n2CCCCO)[C@H](c2ccc(Cl)cc2)N(c2cc(Cl)cn(C)c2=O)C3=O)c(OC)n1. The highest BCUT2D eigenvalue weighted by Crippen LogP contribution is 2.44. The number of aliphatic hydroxyl groups excluding tert-OH is 1. The number of aliphatic hydroxyl groups is 1. The van der Waals surface area contributed by atoms with Crippen molar-refractivity contribution in [1.29, 1.82) is 0 Å². The van der Waals surface area contributed by atoms with Gasteiger partial charge in [0.05, 0.1) is 30.5 Å². The molecule has 208 valence electrons. The lowest BCUT2D eigenvalue weighted by molar-refractivity contribution is 0.0989. The van der Waals surface area contributed by atoms with Crippen LogP contribution in [0.4, 0.5) is 5.69 Å². The van der Waals surface area contributed by atoms with Crippen molar-refractivity contribution in [3.63, 3.8) is 0 Å². The van der Waals surface area contributed by atoms with E-state index in [2.05, 4.69) is 9.97 Å². The van der Waals surface area contributed by atoms with E-state index in [-0.39, 0.29) is 35.4 Å². The third kappa shape index (κ3) is 4.80. The van der Waals surface area contributed by atoms with Gasteiger partial charge in [-0.25, -0.2) is 9.97 Å². The summed E-state index contributed by atoms with van der Waals surface area (Å²) in [7, 11) is 4.49. The van der Waals surface area contributed by atoms with E-state index < -0.39 is 11.9 Å². The molecule has 13 heteroatoms. The van der Waals surface area contributed by atoms with Crippen LogP contribution in [-0.4, -0.2) is 55.9 Å². The minimum atomic E-state index is -0.730. The first-order valence-corrected chi connectivity index (χ1v) is 13.2. The third-order valence-electron chi connectivity index (χ3n) is 6.66. The number of unbranched alkanes of at least 4 members (excludes halogenated alkanes) is 1. The molecule has 0 bridgehead atoms. The molecule has 4 aromatic rings. The summed E-state index contributed by atoms with van der Waals surface area (Å²) < 4.78 is 13.9. The molecule has 1 aliphatic heterocycles. The molecule has 0 radical (unpaired) electrons. The number of aromatic nitrogens is 5. The van der Waals surface area contributed by atoms with Gasteiger partial charge in [-0.3, -0.25) is 14.5 Å². The highest BCUT2D eigenvalue weighted by Gasteiger charge is 2.45. The van der Waals surface area contributed by atoms with Crippen molar-refractivity contribution >= 4 is 34.8 Å². The second kappa shape index (κ2) is 11.3. The number of nitrogens with zero attached hydrogens (tertiary/aromatic N) is 6. The van der Waals surface area contributed by atoms with Crippen LogP contribution in [0.3, 0.4) is 0 Å². The third-order valence-corrected chi connectivity index (χ3v) is 7.12. The molecular weight excluding hydrogens is 559 g/mol. The summed E-state index contributed by atoms with van der Waals surface area (Å²) >= 11 is 12.5. The zero-order chi connectivity index (χ0) is 28.6. The lowest BCUT2D eigenvalue weighted by Gasteiger charge is -2.27. The lowest BCUT2D eigenvalue weighted by Crippen LogP contribution is -2.35. The predicted molar refractivity (Wildman–Crippen MR) is 149 cm³/mol. The number of ether oxygens (including phenoxy) is 2. The smallest absolute Gasteiger partial charge is 0.319 e. The van der Waals surface area contributed by atoms with Crippen molar-refractivity contribution in [1.82, 2.24) is 24.1 Å². The monoisotopic (exact) mass is 584 g/mol. The maximum Gasteiger partial charge on any atom is 0.319 e. The minimum Gasteiger partial charge on any atom is -0.480 e. The number of imidazole rings is 1. The summed E-state index contributed by atoms with van der Waals surface area (Å²) in [6.07, 6.45) is 4.13. The van der Waals surface area contributed by atoms with Crippen molar-refractivity contribution in [2.45, 2.75) is 25.4 Å². The van der Waals surface area contributed by atoms with Gasteiger partial charge in [0.2, 0.25) is 5.88 Å². The van der Waals surface area contributed by atoms with Crippen LogP contribution in [0.15, 0.2) is 47.5 Å². The molecule has 1 amide bonds. The van der Waals surface area contributed by atoms with Gasteiger partial charge in [0.1, 0.15) is 17.6 Å². The maximum atomic E-state index is 14.1. The van der Waals surface area contributed by atoms with Crippen molar-refractivity contribution in [3.8, 4) is 23.3 Å². The average Bonchev–Trinajstić information content (AvgIpc) is 3.45. The molecular formula is C27H26Cl2N6O5. The van der Waals surface area contributed by atoms with Crippen LogP contribution < -0.4 is 19.9 Å². The van der Waals surface area contributed by atoms with Gasteiger partial charge in [-0.2, -0.15) is 4.98 Å². The number of amides is 1. The van der Waals surface area contributed by atoms with E-state index in [1.165, 1.54) is 42.1 Å². The van der Waals surface area contributed by atoms with Gasteiger partial charge in [-0.15, -0.1) is 0 Å². The summed E-state index contributed by atoms with van der Waals surface area (Å²) in [5, 5.41) is 10.3. The Kier molecular flexibility index (Phi) is 7.79. The van der Waals surface area contributed by atoms with Crippen LogP contribution in [0.25, 0.3) is 11.4 Å². The molecule has 3 aromatic heterocycles. The van der Waals surface area contributed by atoms with Crippen LogP contribution in [0.1, 0.15) is 40.6 Å². The van der Waals surface area contributed by atoms with Crippen molar-refractivity contribution < 1.29 is 19.4 Å². The molecule has 0 aliphatic carbocycles. The molecule has 4 heterocycles. The Hall–Kier alpha value is -3.93. The topological polar surface area (TPSA) is 125 Å². The molecule has 5 rings (SSSR count). The Morgan fingerprint density at radius 1 is 1.02 bits per heavy atom. The van der Waals surface area contributed by atoms with E-state index in [0.29, 0.717) is 52.1 Å². The molecule has 11 nitrogen and oxygen atoms in total. The predicted octanol–water partition coefficient (Wildman–Crippen LogP) is 3.89. The molecule has 0 unspecified atom stereocenters. The molecule has 0 saturated heterocycles. The fourth-order valence-electron chi connectivity index (χ4n) is 4.85. The Balaban J connectivity index is 1.78. The number of carbonyl (C=O) groups excluding carboxylic acids is 1. The number of rotatable bonds is 9. The Morgan fingerprint density at radius 2 is 1.77 bits per heavy atom. The van der Waals surface area contributed by atoms with Gasteiger partial charge in [-0.1, -0.05) is 35.3 Å². The number of pyridine rings is 1. The number of halogens is 2. The first kappa shape index (κ1) is 27.6. The molecule has 0 saturated carbocycles. The fraction of sp³-hybridized carbons (Fsp3) is 0.296. The van der Waals surface area contributed by atoms with Gasteiger partial charge in [0, 0.05) is 37.6 Å². The highest BCUT2D eigenvalue weighted by atomic mass is 35.5. The van der Waals surface area contributed by atoms with Crippen LogP contribution in [-0.2, 0) is 13.6 Å². The van der Waals surface area contributed by atoms with E-state index in [1.807, 2.05) is 4.57 Å². The van der Waals surface area contributed by atoms with E-state index in [1.54, 1.807) is 31.3 Å². The van der Waals surface area contributed by atoms with Gasteiger partial charge < -0.3 is 23.7 Å². The van der Waals surface area contributed by atoms with Crippen LogP contribution >= 0.6 is 23.2 Å². The van der Waals surface area contributed by atoms with E-state index in [0.717, 1.165) is 0 Å². The average molecular weight is 585 g/mol. The van der Waals surface area contributed by atoms with Crippen molar-refractivity contribution in [3.05, 3.63) is 80.1 Å².